The van der Waals surface area contributed by atoms with Gasteiger partial charge in [0.15, 0.2) is 6.10 Å². The number of fused-ring (bicyclic) bond motifs is 1. The highest BCUT2D eigenvalue weighted by molar-refractivity contribution is 6.61. The fourth-order valence-electron chi connectivity index (χ4n) is 5.10. The third-order valence-corrected chi connectivity index (χ3v) is 6.76. The van der Waals surface area contributed by atoms with Crippen LogP contribution in [0.25, 0.3) is 0 Å². The molecule has 2 heterocycles. The van der Waals surface area contributed by atoms with Gasteiger partial charge in [0.25, 0.3) is 0 Å². The second-order valence-electron chi connectivity index (χ2n) is 10.5. The molecule has 0 bridgehead atoms. The lowest BCUT2D eigenvalue weighted by Gasteiger charge is -2.45. The van der Waals surface area contributed by atoms with Crippen LogP contribution in [0.1, 0.15) is 55.2 Å². The number of carbonyl (C=O) groups excluding carboxylic acids is 2. The van der Waals surface area contributed by atoms with Gasteiger partial charge >= 0.3 is 19.2 Å². The minimum absolute atomic E-state index is 0.00739. The van der Waals surface area contributed by atoms with E-state index in [1.54, 1.807) is 26.8 Å². The molecule has 5 rings (SSSR count). The second-order valence-corrected chi connectivity index (χ2v) is 10.5. The van der Waals surface area contributed by atoms with Crippen molar-refractivity contribution < 1.29 is 33.1 Å². The van der Waals surface area contributed by atoms with Crippen molar-refractivity contribution >= 4 is 24.6 Å². The van der Waals surface area contributed by atoms with Gasteiger partial charge in [0.2, 0.25) is 0 Å². The van der Waals surface area contributed by atoms with Crippen LogP contribution in [0.4, 0.5) is 9.18 Å². The first-order valence-electron chi connectivity index (χ1n) is 12.6. The molecule has 1 N–H and O–H groups in total. The van der Waals surface area contributed by atoms with Gasteiger partial charge in [-0.05, 0) is 49.1 Å². The SMILES string of the molecule is CC(C)(C)OC(=O)N1[C@@H](Cc2ccc(F)c3c2COB3O)C(=O)O[C@H](c2ccccc2)[C@@H]1c1ccccc1. The minimum Gasteiger partial charge on any atom is -0.453 e. The van der Waals surface area contributed by atoms with Gasteiger partial charge in [-0.2, -0.15) is 0 Å². The normalized spacial score (nSPS) is 21.2. The number of ether oxygens (including phenoxy) is 2. The number of rotatable bonds is 4. The number of halogens is 1. The van der Waals surface area contributed by atoms with E-state index in [-0.39, 0.29) is 18.5 Å². The summed E-state index contributed by atoms with van der Waals surface area (Å²) < 4.78 is 31.6. The summed E-state index contributed by atoms with van der Waals surface area (Å²) in [6.45, 7) is 5.28. The minimum atomic E-state index is -1.38. The Morgan fingerprint density at radius 3 is 2.32 bits per heavy atom. The smallest absolute Gasteiger partial charge is 0.453 e. The molecule has 0 unspecified atom stereocenters. The van der Waals surface area contributed by atoms with E-state index in [1.165, 1.54) is 11.0 Å². The molecule has 7 nitrogen and oxygen atoms in total. The van der Waals surface area contributed by atoms with Crippen molar-refractivity contribution in [1.29, 1.82) is 0 Å². The van der Waals surface area contributed by atoms with E-state index >= 15 is 0 Å². The van der Waals surface area contributed by atoms with Gasteiger partial charge in [-0.3, -0.25) is 4.90 Å². The predicted molar refractivity (Wildman–Crippen MR) is 139 cm³/mol. The standard InChI is InChI=1S/C29H29BFNO6/c1-29(2,3)38-28(34)32-23(16-20-14-15-22(31)24-21(20)17-36-30(24)35)27(33)37-26(19-12-8-5-9-13-19)25(32)18-10-6-4-7-11-18/h4-15,23,25-26,35H,16-17H2,1-3H3/t23-,25-,26+/m0/s1. The fraction of sp³-hybridized carbons (Fsp3) is 0.310. The number of carbonyl (C=O) groups is 2. The van der Waals surface area contributed by atoms with Crippen molar-refractivity contribution in [3.05, 3.63) is 101 Å². The van der Waals surface area contributed by atoms with Gasteiger partial charge in [0.05, 0.1) is 6.61 Å². The van der Waals surface area contributed by atoms with Crippen LogP contribution >= 0.6 is 0 Å². The zero-order chi connectivity index (χ0) is 27.0. The van der Waals surface area contributed by atoms with Crippen LogP contribution in [-0.2, 0) is 32.0 Å². The molecular formula is C29H29BFNO6. The van der Waals surface area contributed by atoms with Gasteiger partial charge in [-0.1, -0.05) is 66.7 Å². The molecule has 0 radical (unpaired) electrons. The van der Waals surface area contributed by atoms with E-state index < -0.39 is 48.8 Å². The van der Waals surface area contributed by atoms with Crippen molar-refractivity contribution in [2.45, 2.75) is 57.6 Å². The number of cyclic esters (lactones) is 1. The molecule has 0 aromatic heterocycles. The van der Waals surface area contributed by atoms with E-state index in [0.717, 1.165) is 11.1 Å². The number of hydrogen-bond acceptors (Lipinski definition) is 6. The summed E-state index contributed by atoms with van der Waals surface area (Å²) in [4.78, 5) is 28.9. The summed E-state index contributed by atoms with van der Waals surface area (Å²) in [6.07, 6.45) is -1.41. The first-order chi connectivity index (χ1) is 18.1. The number of amides is 1. The molecule has 3 atom stereocenters. The third kappa shape index (κ3) is 5.04. The van der Waals surface area contributed by atoms with Crippen molar-refractivity contribution in [1.82, 2.24) is 4.90 Å². The van der Waals surface area contributed by atoms with Crippen molar-refractivity contribution in [3.63, 3.8) is 0 Å². The monoisotopic (exact) mass is 517 g/mol. The Morgan fingerprint density at radius 1 is 1.05 bits per heavy atom. The average molecular weight is 517 g/mol. The molecule has 0 saturated carbocycles. The van der Waals surface area contributed by atoms with E-state index in [0.29, 0.717) is 11.1 Å². The van der Waals surface area contributed by atoms with Crippen LogP contribution in [0.2, 0.25) is 0 Å². The Bertz CT molecular complexity index is 1330. The lowest BCUT2D eigenvalue weighted by molar-refractivity contribution is -0.174. The Kier molecular flexibility index (Phi) is 6.98. The van der Waals surface area contributed by atoms with E-state index in [2.05, 4.69) is 0 Å². The summed E-state index contributed by atoms with van der Waals surface area (Å²) in [5.74, 6) is -1.19. The molecule has 9 heteroatoms. The molecule has 3 aromatic rings. The van der Waals surface area contributed by atoms with Gasteiger partial charge in [0, 0.05) is 11.9 Å². The lowest BCUT2D eigenvalue weighted by atomic mass is 9.77. The maximum absolute atomic E-state index is 14.5. The molecule has 0 spiro atoms. The molecule has 196 valence electrons. The Hall–Kier alpha value is -3.69. The zero-order valence-corrected chi connectivity index (χ0v) is 21.5. The van der Waals surface area contributed by atoms with Gasteiger partial charge < -0.3 is 19.2 Å². The highest BCUT2D eigenvalue weighted by Gasteiger charge is 2.49. The van der Waals surface area contributed by atoms with Crippen LogP contribution in [0.15, 0.2) is 72.8 Å². The van der Waals surface area contributed by atoms with Gasteiger partial charge in [-0.15, -0.1) is 0 Å². The predicted octanol–water partition coefficient (Wildman–Crippen LogP) is 4.23. The van der Waals surface area contributed by atoms with E-state index in [4.69, 9.17) is 14.1 Å². The molecule has 2 aliphatic rings. The van der Waals surface area contributed by atoms with Crippen molar-refractivity contribution in [2.75, 3.05) is 0 Å². The maximum Gasteiger partial charge on any atom is 0.494 e. The molecule has 38 heavy (non-hydrogen) atoms. The third-order valence-electron chi connectivity index (χ3n) is 6.76. The largest absolute Gasteiger partial charge is 0.494 e. The Labute approximate surface area is 221 Å². The first kappa shape index (κ1) is 25.9. The summed E-state index contributed by atoms with van der Waals surface area (Å²) in [7, 11) is -1.38. The highest BCUT2D eigenvalue weighted by atomic mass is 19.1. The topological polar surface area (TPSA) is 85.3 Å². The summed E-state index contributed by atoms with van der Waals surface area (Å²) >= 11 is 0. The quantitative estimate of drug-likeness (QED) is 0.412. The number of esters is 1. The highest BCUT2D eigenvalue weighted by Crippen LogP contribution is 2.43. The fourth-order valence-corrected chi connectivity index (χ4v) is 5.10. The average Bonchev–Trinajstić information content (AvgIpc) is 3.28. The van der Waals surface area contributed by atoms with Crippen molar-refractivity contribution in [3.8, 4) is 0 Å². The molecule has 2 aliphatic heterocycles. The maximum atomic E-state index is 14.5. The lowest BCUT2D eigenvalue weighted by Crippen LogP contribution is -2.56. The zero-order valence-electron chi connectivity index (χ0n) is 21.5. The summed E-state index contributed by atoms with van der Waals surface area (Å²) in [6, 6.07) is 19.7. The van der Waals surface area contributed by atoms with Gasteiger partial charge in [0.1, 0.15) is 23.5 Å². The molecule has 1 saturated heterocycles. The van der Waals surface area contributed by atoms with Gasteiger partial charge in [-0.25, -0.2) is 14.0 Å². The molecular weight excluding hydrogens is 488 g/mol. The molecule has 0 aliphatic carbocycles. The van der Waals surface area contributed by atoms with Crippen LogP contribution in [-0.4, -0.2) is 40.7 Å². The van der Waals surface area contributed by atoms with Crippen molar-refractivity contribution in [2.24, 2.45) is 0 Å². The van der Waals surface area contributed by atoms with Crippen LogP contribution in [0.5, 0.6) is 0 Å². The van der Waals surface area contributed by atoms with Crippen LogP contribution in [0.3, 0.4) is 0 Å². The number of hydrogen-bond donors (Lipinski definition) is 1. The van der Waals surface area contributed by atoms with E-state index in [1.807, 2.05) is 60.7 Å². The molecule has 1 amide bonds. The second kappa shape index (κ2) is 10.2. The number of benzene rings is 3. The summed E-state index contributed by atoms with van der Waals surface area (Å²) in [5.41, 5.74) is 1.79. The Morgan fingerprint density at radius 2 is 1.68 bits per heavy atom. The van der Waals surface area contributed by atoms with E-state index in [9.17, 15) is 19.0 Å². The van der Waals surface area contributed by atoms with Crippen LogP contribution < -0.4 is 5.46 Å². The summed E-state index contributed by atoms with van der Waals surface area (Å²) in [5, 5.41) is 10.1. The molecule has 1 fully saturated rings. The molecule has 3 aromatic carbocycles. The Balaban J connectivity index is 1.62. The first-order valence-corrected chi connectivity index (χ1v) is 12.6. The van der Waals surface area contributed by atoms with Crippen LogP contribution in [0, 0.1) is 5.82 Å². The number of nitrogens with zero attached hydrogens (tertiary/aromatic N) is 1. The number of morpholine rings is 1.